The Morgan fingerprint density at radius 3 is 2.67 bits per heavy atom. The molecular formula is C22H25ClN4O3. The SMILES string of the molecule is COc1cc(C(=O)Nc2n[nH]c(-c3ccncc3)c2C)cc(Cl)c1OCCC(C)C. The lowest BCUT2D eigenvalue weighted by Crippen LogP contribution is -2.13. The van der Waals surface area contributed by atoms with E-state index in [9.17, 15) is 4.79 Å². The fraction of sp³-hybridized carbons (Fsp3) is 0.318. The van der Waals surface area contributed by atoms with E-state index in [1.54, 1.807) is 24.5 Å². The smallest absolute Gasteiger partial charge is 0.257 e. The Morgan fingerprint density at radius 2 is 2.00 bits per heavy atom. The summed E-state index contributed by atoms with van der Waals surface area (Å²) in [5.74, 6) is 1.45. The van der Waals surface area contributed by atoms with Crippen LogP contribution in [-0.2, 0) is 0 Å². The van der Waals surface area contributed by atoms with E-state index in [1.165, 1.54) is 7.11 Å². The molecule has 1 amide bonds. The number of anilines is 1. The number of aromatic nitrogens is 3. The molecule has 8 heteroatoms. The van der Waals surface area contributed by atoms with Crippen LogP contribution in [0.15, 0.2) is 36.7 Å². The third-order valence-electron chi connectivity index (χ3n) is 4.64. The molecule has 0 aliphatic heterocycles. The Morgan fingerprint density at radius 1 is 1.27 bits per heavy atom. The van der Waals surface area contributed by atoms with Gasteiger partial charge in [0.25, 0.3) is 5.91 Å². The van der Waals surface area contributed by atoms with Crippen molar-refractivity contribution in [2.45, 2.75) is 27.2 Å². The van der Waals surface area contributed by atoms with E-state index in [0.29, 0.717) is 40.4 Å². The average Bonchev–Trinajstić information content (AvgIpc) is 3.09. The Kier molecular flexibility index (Phi) is 6.95. The lowest BCUT2D eigenvalue weighted by atomic mass is 10.1. The highest BCUT2D eigenvalue weighted by Crippen LogP contribution is 2.37. The van der Waals surface area contributed by atoms with Gasteiger partial charge in [-0.3, -0.25) is 14.9 Å². The summed E-state index contributed by atoms with van der Waals surface area (Å²) in [6.45, 7) is 6.64. The van der Waals surface area contributed by atoms with E-state index < -0.39 is 0 Å². The van der Waals surface area contributed by atoms with Crippen molar-refractivity contribution in [1.82, 2.24) is 15.2 Å². The molecular weight excluding hydrogens is 404 g/mol. The molecule has 0 bridgehead atoms. The molecule has 0 aliphatic rings. The molecule has 2 aromatic heterocycles. The number of nitrogens with zero attached hydrogens (tertiary/aromatic N) is 2. The first-order valence-electron chi connectivity index (χ1n) is 9.67. The van der Waals surface area contributed by atoms with Crippen LogP contribution in [0, 0.1) is 12.8 Å². The second kappa shape index (κ2) is 9.63. The topological polar surface area (TPSA) is 89.1 Å². The molecule has 7 nitrogen and oxygen atoms in total. The van der Waals surface area contributed by atoms with Gasteiger partial charge in [-0.2, -0.15) is 5.10 Å². The van der Waals surface area contributed by atoms with E-state index in [4.69, 9.17) is 21.1 Å². The summed E-state index contributed by atoms with van der Waals surface area (Å²) in [5.41, 5.74) is 2.92. The predicted molar refractivity (Wildman–Crippen MR) is 117 cm³/mol. The van der Waals surface area contributed by atoms with Gasteiger partial charge in [0, 0.05) is 29.1 Å². The number of ether oxygens (including phenoxy) is 2. The number of carbonyl (C=O) groups is 1. The van der Waals surface area contributed by atoms with Gasteiger partial charge in [0.1, 0.15) is 0 Å². The van der Waals surface area contributed by atoms with Crippen molar-refractivity contribution < 1.29 is 14.3 Å². The maximum atomic E-state index is 12.8. The van der Waals surface area contributed by atoms with Crippen LogP contribution >= 0.6 is 11.6 Å². The molecule has 3 aromatic rings. The van der Waals surface area contributed by atoms with E-state index in [1.807, 2.05) is 19.1 Å². The number of methoxy groups -OCH3 is 1. The molecule has 0 saturated heterocycles. The second-order valence-electron chi connectivity index (χ2n) is 7.28. The van der Waals surface area contributed by atoms with Crippen LogP contribution in [0.4, 0.5) is 5.82 Å². The Labute approximate surface area is 180 Å². The lowest BCUT2D eigenvalue weighted by molar-refractivity contribution is 0.102. The minimum Gasteiger partial charge on any atom is -0.493 e. The van der Waals surface area contributed by atoms with Gasteiger partial charge in [-0.25, -0.2) is 0 Å². The van der Waals surface area contributed by atoms with E-state index in [2.05, 4.69) is 34.3 Å². The van der Waals surface area contributed by atoms with Crippen LogP contribution in [0.3, 0.4) is 0 Å². The minimum atomic E-state index is -0.347. The number of hydrogen-bond acceptors (Lipinski definition) is 5. The lowest BCUT2D eigenvalue weighted by Gasteiger charge is -2.15. The van der Waals surface area contributed by atoms with Crippen molar-refractivity contribution in [2.24, 2.45) is 5.92 Å². The first-order chi connectivity index (χ1) is 14.4. The number of hydrogen-bond donors (Lipinski definition) is 2. The first kappa shape index (κ1) is 21.6. The zero-order valence-corrected chi connectivity index (χ0v) is 18.2. The van der Waals surface area contributed by atoms with Crippen molar-refractivity contribution in [2.75, 3.05) is 19.0 Å². The van der Waals surface area contributed by atoms with Gasteiger partial charge < -0.3 is 14.8 Å². The number of carbonyl (C=O) groups excluding carboxylic acids is 1. The van der Waals surface area contributed by atoms with Gasteiger partial charge in [0.2, 0.25) is 0 Å². The van der Waals surface area contributed by atoms with Gasteiger partial charge in [-0.15, -0.1) is 0 Å². The molecule has 0 aliphatic carbocycles. The van der Waals surface area contributed by atoms with Crippen molar-refractivity contribution in [1.29, 1.82) is 0 Å². The van der Waals surface area contributed by atoms with Crippen LogP contribution in [0.1, 0.15) is 36.2 Å². The van der Waals surface area contributed by atoms with Gasteiger partial charge in [0.15, 0.2) is 17.3 Å². The molecule has 0 radical (unpaired) electrons. The van der Waals surface area contributed by atoms with Crippen molar-refractivity contribution >= 4 is 23.3 Å². The molecule has 0 saturated carbocycles. The molecule has 0 unspecified atom stereocenters. The third-order valence-corrected chi connectivity index (χ3v) is 4.92. The highest BCUT2D eigenvalue weighted by molar-refractivity contribution is 6.32. The van der Waals surface area contributed by atoms with Gasteiger partial charge in [-0.05, 0) is 43.5 Å². The summed E-state index contributed by atoms with van der Waals surface area (Å²) in [4.78, 5) is 16.8. The molecule has 0 spiro atoms. The van der Waals surface area contributed by atoms with Crippen molar-refractivity contribution in [3.8, 4) is 22.8 Å². The number of H-pyrrole nitrogens is 1. The molecule has 2 N–H and O–H groups in total. The average molecular weight is 429 g/mol. The van der Waals surface area contributed by atoms with Crippen LogP contribution in [0.2, 0.25) is 5.02 Å². The summed E-state index contributed by atoms with van der Waals surface area (Å²) in [6.07, 6.45) is 4.29. The van der Waals surface area contributed by atoms with Gasteiger partial charge >= 0.3 is 0 Å². The van der Waals surface area contributed by atoms with Crippen LogP contribution in [-0.4, -0.2) is 34.8 Å². The van der Waals surface area contributed by atoms with E-state index in [0.717, 1.165) is 23.2 Å². The largest absolute Gasteiger partial charge is 0.493 e. The fourth-order valence-corrected chi connectivity index (χ4v) is 3.15. The number of halogens is 1. The van der Waals surface area contributed by atoms with Crippen molar-refractivity contribution in [3.05, 3.63) is 52.8 Å². The number of aromatic amines is 1. The van der Waals surface area contributed by atoms with Crippen LogP contribution < -0.4 is 14.8 Å². The summed E-state index contributed by atoms with van der Waals surface area (Å²) in [7, 11) is 1.52. The molecule has 30 heavy (non-hydrogen) atoms. The quantitative estimate of drug-likeness (QED) is 0.519. The van der Waals surface area contributed by atoms with Gasteiger partial charge in [0.05, 0.1) is 24.4 Å². The van der Waals surface area contributed by atoms with E-state index >= 15 is 0 Å². The number of pyridine rings is 1. The molecule has 2 heterocycles. The number of nitrogens with one attached hydrogen (secondary N) is 2. The normalized spacial score (nSPS) is 10.9. The Hall–Kier alpha value is -3.06. The fourth-order valence-electron chi connectivity index (χ4n) is 2.89. The summed E-state index contributed by atoms with van der Waals surface area (Å²) < 4.78 is 11.2. The standard InChI is InChI=1S/C22H25ClN4O3/c1-13(2)7-10-30-20-17(23)11-16(12-18(20)29-4)22(28)25-21-14(3)19(26-27-21)15-5-8-24-9-6-15/h5-6,8-9,11-13H,7,10H2,1-4H3,(H2,25,26,27,28). The molecule has 0 fully saturated rings. The number of benzene rings is 1. The zero-order chi connectivity index (χ0) is 21.7. The maximum absolute atomic E-state index is 12.8. The summed E-state index contributed by atoms with van der Waals surface area (Å²) in [6, 6.07) is 6.91. The second-order valence-corrected chi connectivity index (χ2v) is 7.69. The highest BCUT2D eigenvalue weighted by atomic mass is 35.5. The minimum absolute atomic E-state index is 0.319. The molecule has 158 valence electrons. The maximum Gasteiger partial charge on any atom is 0.257 e. The zero-order valence-electron chi connectivity index (χ0n) is 17.5. The first-order valence-corrected chi connectivity index (χ1v) is 10.1. The van der Waals surface area contributed by atoms with Crippen molar-refractivity contribution in [3.63, 3.8) is 0 Å². The predicted octanol–water partition coefficient (Wildman–Crippen LogP) is 5.12. The highest BCUT2D eigenvalue weighted by Gasteiger charge is 2.19. The molecule has 0 atom stereocenters. The molecule has 1 aromatic carbocycles. The van der Waals surface area contributed by atoms with Crippen LogP contribution in [0.25, 0.3) is 11.3 Å². The third kappa shape index (κ3) is 4.91. The number of rotatable bonds is 8. The monoisotopic (exact) mass is 428 g/mol. The van der Waals surface area contributed by atoms with Crippen LogP contribution in [0.5, 0.6) is 11.5 Å². The Balaban J connectivity index is 1.79. The summed E-state index contributed by atoms with van der Waals surface area (Å²) >= 11 is 6.38. The Bertz CT molecular complexity index is 1020. The summed E-state index contributed by atoms with van der Waals surface area (Å²) in [5, 5.41) is 10.3. The molecule has 3 rings (SSSR count). The number of amides is 1. The van der Waals surface area contributed by atoms with E-state index in [-0.39, 0.29) is 5.91 Å². The van der Waals surface area contributed by atoms with Gasteiger partial charge in [-0.1, -0.05) is 25.4 Å².